The number of carbonyl (C=O) groups excluding carboxylic acids is 1. The van der Waals surface area contributed by atoms with E-state index >= 15 is 0 Å². The van der Waals surface area contributed by atoms with Gasteiger partial charge in [-0.15, -0.1) is 0 Å². The number of aliphatic hydroxyl groups excluding tert-OH is 2. The van der Waals surface area contributed by atoms with E-state index < -0.39 is 12.2 Å². The van der Waals surface area contributed by atoms with Crippen LogP contribution in [0.4, 0.5) is 0 Å². The van der Waals surface area contributed by atoms with Crippen molar-refractivity contribution >= 4 is 5.97 Å². The summed E-state index contributed by atoms with van der Waals surface area (Å²) in [5.41, 5.74) is 2.52. The molecule has 0 aromatic rings. The van der Waals surface area contributed by atoms with E-state index in [0.29, 0.717) is 18.3 Å². The number of methoxy groups -OCH3 is 1. The van der Waals surface area contributed by atoms with E-state index in [1.165, 1.54) is 5.57 Å². The Bertz CT molecular complexity index is 1150. The summed E-state index contributed by atoms with van der Waals surface area (Å²) in [5, 5.41) is 22.9. The summed E-state index contributed by atoms with van der Waals surface area (Å²) in [6.45, 7) is 21.4. The van der Waals surface area contributed by atoms with Crippen LogP contribution >= 0.6 is 0 Å². The van der Waals surface area contributed by atoms with Crippen LogP contribution in [-0.2, 0) is 19.0 Å². The van der Waals surface area contributed by atoms with Gasteiger partial charge in [-0.25, -0.2) is 4.79 Å². The molecule has 0 aromatic carbocycles. The van der Waals surface area contributed by atoms with Gasteiger partial charge in [-0.2, -0.15) is 0 Å². The summed E-state index contributed by atoms with van der Waals surface area (Å²) in [4.78, 5) is 12.6. The van der Waals surface area contributed by atoms with Gasteiger partial charge in [-0.05, 0) is 99.9 Å². The maximum absolute atomic E-state index is 12.6. The Morgan fingerprint density at radius 3 is 2.40 bits per heavy atom. The van der Waals surface area contributed by atoms with Crippen molar-refractivity contribution in [2.45, 2.75) is 131 Å². The van der Waals surface area contributed by atoms with E-state index in [2.05, 4.69) is 47.3 Å². The molecule has 1 unspecified atom stereocenters. The summed E-state index contributed by atoms with van der Waals surface area (Å²) >= 11 is 0. The van der Waals surface area contributed by atoms with Crippen LogP contribution in [0.5, 0.6) is 0 Å². The summed E-state index contributed by atoms with van der Waals surface area (Å²) in [5.74, 6) is 0.848. The molecule has 0 radical (unpaired) electrons. The van der Waals surface area contributed by atoms with Crippen LogP contribution in [0.15, 0.2) is 35.5 Å². The summed E-state index contributed by atoms with van der Waals surface area (Å²) < 4.78 is 18.2. The van der Waals surface area contributed by atoms with Gasteiger partial charge in [0.05, 0.1) is 12.2 Å². The first kappa shape index (κ1) is 31.9. The Hall–Kier alpha value is -1.47. The number of hydrogen-bond donors (Lipinski definition) is 2. The molecule has 0 bridgehead atoms. The SMILES string of the molecule is C=C(C)C(O)[C@H]1C[C@@H]([C@@H]2CC=C3[C@]4(C)[C@H](O)C[C@H]5C(C)(C)[C@H](OC(=O)C=C(C)C)CC[C@]5(C)[C@H]4CC[C@]32C)[C@H](OC)O1. The molecule has 6 nitrogen and oxygen atoms in total. The predicted molar refractivity (Wildman–Crippen MR) is 164 cm³/mol. The molecule has 1 saturated heterocycles. The van der Waals surface area contributed by atoms with Crippen molar-refractivity contribution in [3.8, 4) is 0 Å². The third-order valence-corrected chi connectivity index (χ3v) is 13.1. The Balaban J connectivity index is 1.42. The molecule has 236 valence electrons. The van der Waals surface area contributed by atoms with Crippen LogP contribution in [0.2, 0.25) is 0 Å². The molecule has 5 aliphatic rings. The van der Waals surface area contributed by atoms with E-state index in [4.69, 9.17) is 14.2 Å². The average molecular weight is 585 g/mol. The maximum Gasteiger partial charge on any atom is 0.330 e. The zero-order chi connectivity index (χ0) is 31.0. The number of ether oxygens (including phenoxy) is 3. The molecule has 0 amide bonds. The van der Waals surface area contributed by atoms with Crippen molar-refractivity contribution in [2.75, 3.05) is 7.11 Å². The zero-order valence-electron chi connectivity index (χ0n) is 27.5. The van der Waals surface area contributed by atoms with E-state index in [1.807, 2.05) is 20.8 Å². The van der Waals surface area contributed by atoms with Gasteiger partial charge in [-0.1, -0.05) is 58.4 Å². The molecule has 1 aliphatic heterocycles. The minimum Gasteiger partial charge on any atom is -0.459 e. The molecule has 4 fully saturated rings. The van der Waals surface area contributed by atoms with Crippen molar-refractivity contribution in [1.29, 1.82) is 0 Å². The lowest BCUT2D eigenvalue weighted by molar-refractivity contribution is -0.220. The molecule has 2 N–H and O–H groups in total. The Labute approximate surface area is 254 Å². The molecule has 3 saturated carbocycles. The van der Waals surface area contributed by atoms with Crippen molar-refractivity contribution < 1.29 is 29.2 Å². The van der Waals surface area contributed by atoms with Crippen molar-refractivity contribution in [1.82, 2.24) is 0 Å². The summed E-state index contributed by atoms with van der Waals surface area (Å²) in [6.07, 6.45) is 8.45. The fourth-order valence-corrected chi connectivity index (χ4v) is 11.1. The van der Waals surface area contributed by atoms with Crippen LogP contribution < -0.4 is 0 Å². The standard InChI is InChI=1S/C36H56O6/c1-20(2)17-30(38)42-29-14-16-35(8)26-13-15-34(7)23(22-18-24(31(39)21(3)4)41-32(22)40-10)11-12-25(34)36(26,9)28(37)19-27(35)33(29,5)6/h12,17,22-24,26-29,31-32,37,39H,3,11,13-16,18-19H2,1-2,4-10H3/t22-,23-,24+,26+,27-,28+,29+,31?,32+,34-,35+,36-/m0/s1. The maximum atomic E-state index is 12.6. The smallest absolute Gasteiger partial charge is 0.330 e. The van der Waals surface area contributed by atoms with E-state index in [1.54, 1.807) is 13.2 Å². The molecule has 4 aliphatic carbocycles. The van der Waals surface area contributed by atoms with Gasteiger partial charge in [-0.3, -0.25) is 0 Å². The third-order valence-electron chi connectivity index (χ3n) is 13.1. The minimum atomic E-state index is -0.695. The van der Waals surface area contributed by atoms with Gasteiger partial charge in [0.15, 0.2) is 6.29 Å². The number of hydrogen-bond acceptors (Lipinski definition) is 6. The van der Waals surface area contributed by atoms with Gasteiger partial charge < -0.3 is 24.4 Å². The van der Waals surface area contributed by atoms with Crippen molar-refractivity contribution in [3.63, 3.8) is 0 Å². The molecule has 0 spiro atoms. The zero-order valence-corrected chi connectivity index (χ0v) is 27.5. The predicted octanol–water partition coefficient (Wildman–Crippen LogP) is 6.76. The van der Waals surface area contributed by atoms with Crippen molar-refractivity contribution in [2.24, 2.45) is 45.3 Å². The van der Waals surface area contributed by atoms with Crippen LogP contribution in [0.3, 0.4) is 0 Å². The lowest BCUT2D eigenvalue weighted by atomic mass is 9.37. The van der Waals surface area contributed by atoms with Gasteiger partial charge in [0.25, 0.3) is 0 Å². The fraction of sp³-hybridized carbons (Fsp3) is 0.806. The molecule has 6 heteroatoms. The lowest BCUT2D eigenvalue weighted by Gasteiger charge is -2.68. The number of esters is 1. The van der Waals surface area contributed by atoms with Gasteiger partial charge >= 0.3 is 5.97 Å². The first-order valence-corrected chi connectivity index (χ1v) is 16.3. The first-order chi connectivity index (χ1) is 19.5. The van der Waals surface area contributed by atoms with Crippen LogP contribution in [0.1, 0.15) is 100 Å². The highest BCUT2D eigenvalue weighted by Gasteiger charge is 2.69. The van der Waals surface area contributed by atoms with E-state index in [-0.39, 0.29) is 58.0 Å². The summed E-state index contributed by atoms with van der Waals surface area (Å²) in [6, 6.07) is 0. The number of fused-ring (bicyclic) bond motifs is 5. The number of allylic oxidation sites excluding steroid dienone is 2. The highest BCUT2D eigenvalue weighted by molar-refractivity contribution is 5.82. The Morgan fingerprint density at radius 1 is 1.10 bits per heavy atom. The molecular formula is C36H56O6. The quantitative estimate of drug-likeness (QED) is 0.204. The fourth-order valence-electron chi connectivity index (χ4n) is 11.1. The van der Waals surface area contributed by atoms with Crippen LogP contribution in [0.25, 0.3) is 0 Å². The average Bonchev–Trinajstić information content (AvgIpc) is 3.48. The Kier molecular flexibility index (Phi) is 8.25. The van der Waals surface area contributed by atoms with Gasteiger partial charge in [0, 0.05) is 29.9 Å². The molecule has 42 heavy (non-hydrogen) atoms. The minimum absolute atomic E-state index is 0.0411. The highest BCUT2D eigenvalue weighted by Crippen LogP contribution is 2.73. The lowest BCUT2D eigenvalue weighted by Crippen LogP contribution is -2.65. The van der Waals surface area contributed by atoms with Gasteiger partial charge in [0.2, 0.25) is 0 Å². The molecular weight excluding hydrogens is 528 g/mol. The second kappa shape index (κ2) is 10.9. The van der Waals surface area contributed by atoms with E-state index in [0.717, 1.165) is 49.7 Å². The second-order valence-corrected chi connectivity index (χ2v) is 16.0. The molecule has 12 atom stereocenters. The Morgan fingerprint density at radius 2 is 1.79 bits per heavy atom. The first-order valence-electron chi connectivity index (χ1n) is 16.3. The van der Waals surface area contributed by atoms with E-state index in [9.17, 15) is 15.0 Å². The van der Waals surface area contributed by atoms with Gasteiger partial charge in [0.1, 0.15) is 12.2 Å². The number of aliphatic hydroxyl groups is 2. The molecule has 5 rings (SSSR count). The largest absolute Gasteiger partial charge is 0.459 e. The van der Waals surface area contributed by atoms with Crippen LogP contribution in [-0.4, -0.2) is 54.0 Å². The summed E-state index contributed by atoms with van der Waals surface area (Å²) in [7, 11) is 1.71. The molecule has 1 heterocycles. The number of carbonyl (C=O) groups is 1. The number of rotatable bonds is 6. The monoisotopic (exact) mass is 584 g/mol. The highest BCUT2D eigenvalue weighted by atomic mass is 16.7. The van der Waals surface area contributed by atoms with Crippen LogP contribution in [0, 0.1) is 45.3 Å². The third kappa shape index (κ3) is 4.69. The second-order valence-electron chi connectivity index (χ2n) is 16.0. The topological polar surface area (TPSA) is 85.2 Å². The van der Waals surface area contributed by atoms with Crippen molar-refractivity contribution in [3.05, 3.63) is 35.5 Å². The normalized spacial score (nSPS) is 46.5. The molecule has 0 aromatic heterocycles.